The number of esters is 1. The molecule has 1 aromatic carbocycles. The Balaban J connectivity index is 1.83. The second-order valence-corrected chi connectivity index (χ2v) is 17.2. The minimum Gasteiger partial charge on any atom is -0.462 e. The largest absolute Gasteiger partial charge is 0.462 e. The van der Waals surface area contributed by atoms with Crippen LogP contribution in [0.2, 0.25) is 38.8 Å². The highest BCUT2D eigenvalue weighted by atomic mass is 28.4. The zero-order valence-electron chi connectivity index (χ0n) is 16.6. The molecule has 0 N–H and O–H groups in total. The maximum absolute atomic E-state index is 12.2. The Kier molecular flexibility index (Phi) is 6.56. The lowest BCUT2D eigenvalue weighted by Gasteiger charge is -2.31. The second kappa shape index (κ2) is 8.32. The molecule has 1 aliphatic heterocycles. The summed E-state index contributed by atoms with van der Waals surface area (Å²) in [5.41, 5.74) is 0.823. The lowest BCUT2D eigenvalue weighted by Crippen LogP contribution is -2.42. The number of carbonyl (C=O) groups is 3. The van der Waals surface area contributed by atoms with Crippen molar-refractivity contribution in [3.63, 3.8) is 0 Å². The maximum Gasteiger partial charge on any atom is 0.338 e. The Morgan fingerprint density at radius 3 is 2.04 bits per heavy atom. The molecule has 0 bridgehead atoms. The molecule has 0 radical (unpaired) electrons. The molecule has 6 nitrogen and oxygen atoms in total. The van der Waals surface area contributed by atoms with E-state index in [9.17, 15) is 14.4 Å². The number of hydrogen-bond donors (Lipinski definition) is 0. The van der Waals surface area contributed by atoms with E-state index >= 15 is 0 Å². The van der Waals surface area contributed by atoms with Gasteiger partial charge in [-0.2, -0.15) is 0 Å². The first kappa shape index (κ1) is 21.3. The van der Waals surface area contributed by atoms with E-state index in [2.05, 4.69) is 32.7 Å². The molecule has 0 saturated carbocycles. The smallest absolute Gasteiger partial charge is 0.338 e. The van der Waals surface area contributed by atoms with Gasteiger partial charge in [0.25, 0.3) is 11.8 Å². The minimum absolute atomic E-state index is 0.346. The normalized spacial score (nSPS) is 14.8. The summed E-state index contributed by atoms with van der Waals surface area (Å²) in [6, 6.07) is 7.19. The quantitative estimate of drug-likeness (QED) is 0.285. The summed E-state index contributed by atoms with van der Waals surface area (Å²) in [6.07, 6.45) is 3.22. The van der Waals surface area contributed by atoms with Crippen LogP contribution in [0.5, 0.6) is 0 Å². The molecule has 1 aliphatic rings. The molecular formula is C19H27NO5Si2. The van der Waals surface area contributed by atoms with Gasteiger partial charge in [0.2, 0.25) is 0 Å². The van der Waals surface area contributed by atoms with Gasteiger partial charge in [-0.25, -0.2) is 9.69 Å². The van der Waals surface area contributed by atoms with Gasteiger partial charge >= 0.3 is 5.97 Å². The molecule has 0 unspecified atom stereocenters. The highest BCUT2D eigenvalue weighted by Crippen LogP contribution is 2.21. The minimum atomic E-state index is -1.73. The number of nitrogens with zero attached hydrogens (tertiary/aromatic N) is 1. The Morgan fingerprint density at radius 2 is 1.52 bits per heavy atom. The van der Waals surface area contributed by atoms with Crippen molar-refractivity contribution in [1.29, 1.82) is 0 Å². The molecule has 8 heteroatoms. The van der Waals surface area contributed by atoms with Crippen LogP contribution >= 0.6 is 0 Å². The van der Waals surface area contributed by atoms with Crippen molar-refractivity contribution >= 4 is 40.1 Å². The Labute approximate surface area is 162 Å². The van der Waals surface area contributed by atoms with Crippen LogP contribution in [-0.4, -0.2) is 41.0 Å². The summed E-state index contributed by atoms with van der Waals surface area (Å²) >= 11 is 0. The molecule has 0 aliphatic carbocycles. The first-order chi connectivity index (χ1) is 12.5. The number of hydrogen-bond acceptors (Lipinski definition) is 5. The van der Waals surface area contributed by atoms with E-state index in [4.69, 9.17) is 8.85 Å². The Hall–Kier alpha value is -2.04. The summed E-state index contributed by atoms with van der Waals surface area (Å²) in [5, 5.41) is 0. The molecular weight excluding hydrogens is 378 g/mol. The molecule has 0 saturated heterocycles. The Bertz CT molecular complexity index is 732. The van der Waals surface area contributed by atoms with Crippen LogP contribution in [0.15, 0.2) is 36.4 Å². The third-order valence-electron chi connectivity index (χ3n) is 3.91. The van der Waals surface area contributed by atoms with Gasteiger partial charge < -0.3 is 8.85 Å². The van der Waals surface area contributed by atoms with E-state index < -0.39 is 22.6 Å². The zero-order valence-corrected chi connectivity index (χ0v) is 18.6. The topological polar surface area (TPSA) is 72.9 Å². The molecule has 0 fully saturated rings. The number of rotatable bonds is 8. The van der Waals surface area contributed by atoms with Gasteiger partial charge in [0.1, 0.15) is 0 Å². The van der Waals surface area contributed by atoms with E-state index in [0.29, 0.717) is 17.9 Å². The van der Waals surface area contributed by atoms with Gasteiger partial charge in [0.05, 0.1) is 17.9 Å². The number of imide groups is 1. The number of anilines is 1. The first-order valence-corrected chi connectivity index (χ1v) is 15.5. The molecule has 27 heavy (non-hydrogen) atoms. The van der Waals surface area contributed by atoms with Crippen LogP contribution in [0.25, 0.3) is 0 Å². The van der Waals surface area contributed by atoms with E-state index in [1.165, 1.54) is 12.2 Å². The van der Waals surface area contributed by atoms with Crippen molar-refractivity contribution in [2.45, 2.75) is 45.2 Å². The third kappa shape index (κ3) is 6.26. The van der Waals surface area contributed by atoms with Crippen molar-refractivity contribution < 1.29 is 23.2 Å². The summed E-state index contributed by atoms with van der Waals surface area (Å²) in [7, 11) is -3.29. The average molecular weight is 406 g/mol. The fraction of sp³-hybridized carbons (Fsp3) is 0.421. The van der Waals surface area contributed by atoms with Gasteiger partial charge in [0, 0.05) is 12.2 Å². The second-order valence-electron chi connectivity index (χ2n) is 8.11. The summed E-state index contributed by atoms with van der Waals surface area (Å²) in [5.74, 6) is -1.19. The van der Waals surface area contributed by atoms with Gasteiger partial charge in [0.15, 0.2) is 16.6 Å². The van der Waals surface area contributed by atoms with E-state index in [-0.39, 0.29) is 11.8 Å². The lowest BCUT2D eigenvalue weighted by atomic mass is 10.2. The van der Waals surface area contributed by atoms with Gasteiger partial charge in [-0.3, -0.25) is 9.59 Å². The van der Waals surface area contributed by atoms with Crippen LogP contribution in [-0.2, 0) is 18.4 Å². The zero-order chi connectivity index (χ0) is 20.2. The summed E-state index contributed by atoms with van der Waals surface area (Å²) < 4.78 is 11.6. The van der Waals surface area contributed by atoms with Gasteiger partial charge in [-0.1, -0.05) is 0 Å². The van der Waals surface area contributed by atoms with Crippen LogP contribution in [0.4, 0.5) is 5.69 Å². The van der Waals surface area contributed by atoms with Crippen LogP contribution < -0.4 is 4.90 Å². The molecule has 2 amide bonds. The lowest BCUT2D eigenvalue weighted by molar-refractivity contribution is -0.119. The van der Waals surface area contributed by atoms with Crippen molar-refractivity contribution in [1.82, 2.24) is 0 Å². The molecule has 1 heterocycles. The maximum atomic E-state index is 12.2. The highest BCUT2D eigenvalue weighted by molar-refractivity contribution is 6.84. The van der Waals surface area contributed by atoms with Crippen molar-refractivity contribution in [3.05, 3.63) is 42.0 Å². The van der Waals surface area contributed by atoms with Crippen LogP contribution in [0.3, 0.4) is 0 Å². The Morgan fingerprint density at radius 1 is 0.963 bits per heavy atom. The average Bonchev–Trinajstić information content (AvgIpc) is 2.88. The predicted octanol–water partition coefficient (Wildman–Crippen LogP) is 3.72. The number of carbonyl (C=O) groups excluding carboxylic acids is 3. The molecule has 0 spiro atoms. The predicted molar refractivity (Wildman–Crippen MR) is 110 cm³/mol. The summed E-state index contributed by atoms with van der Waals surface area (Å²) in [6.45, 7) is 11.3. The molecule has 0 atom stereocenters. The van der Waals surface area contributed by atoms with E-state index in [1.54, 1.807) is 24.3 Å². The molecule has 2 rings (SSSR count). The first-order valence-electron chi connectivity index (χ1n) is 9.02. The molecule has 1 aromatic rings. The fourth-order valence-corrected chi connectivity index (χ4v) is 11.1. The third-order valence-corrected chi connectivity index (χ3v) is 10.1. The number of amides is 2. The van der Waals surface area contributed by atoms with Crippen LogP contribution in [0, 0.1) is 0 Å². The molecule has 146 valence electrons. The van der Waals surface area contributed by atoms with Gasteiger partial charge in [-0.05, 0) is 69.5 Å². The fourth-order valence-electron chi connectivity index (χ4n) is 3.03. The summed E-state index contributed by atoms with van der Waals surface area (Å²) in [4.78, 5) is 36.6. The van der Waals surface area contributed by atoms with E-state index in [1.807, 2.05) is 0 Å². The van der Waals surface area contributed by atoms with Gasteiger partial charge in [-0.15, -0.1) is 0 Å². The highest BCUT2D eigenvalue weighted by Gasteiger charge is 2.29. The molecule has 0 aromatic heterocycles. The SMILES string of the molecule is C[Si](C)(C)O[Si](C)(C)CCCOC(=O)c1ccc(N2C(=O)C=CC2=O)cc1. The van der Waals surface area contributed by atoms with Crippen molar-refractivity contribution in [2.24, 2.45) is 0 Å². The monoisotopic (exact) mass is 405 g/mol. The number of benzene rings is 1. The standard InChI is InChI=1S/C19H27NO5Si2/c1-26(2,3)25-27(4,5)14-6-13-24-19(23)15-7-9-16(10-8-15)20-17(21)11-12-18(20)22/h7-12H,6,13-14H2,1-5H3. The van der Waals surface area contributed by atoms with Crippen molar-refractivity contribution in [2.75, 3.05) is 11.5 Å². The van der Waals surface area contributed by atoms with Crippen molar-refractivity contribution in [3.8, 4) is 0 Å². The van der Waals surface area contributed by atoms with Crippen LogP contribution in [0.1, 0.15) is 16.8 Å². The van der Waals surface area contributed by atoms with E-state index in [0.717, 1.165) is 17.4 Å². The number of ether oxygens (including phenoxy) is 1.